The molecule has 0 saturated heterocycles. The van der Waals surface area contributed by atoms with Gasteiger partial charge in [0.1, 0.15) is 5.54 Å². The summed E-state index contributed by atoms with van der Waals surface area (Å²) in [5.74, 6) is -0.390. The van der Waals surface area contributed by atoms with Crippen molar-refractivity contribution in [3.63, 3.8) is 0 Å². The molecule has 1 saturated carbocycles. The Morgan fingerprint density at radius 2 is 1.90 bits per heavy atom. The lowest BCUT2D eigenvalue weighted by atomic mass is 9.62. The summed E-state index contributed by atoms with van der Waals surface area (Å²) < 4.78 is 20.2. The molecule has 2 spiro atoms. The molecule has 0 aromatic heterocycles. The van der Waals surface area contributed by atoms with E-state index in [4.69, 9.17) is 27.1 Å². The smallest absolute Gasteiger partial charge is 0.163 e. The van der Waals surface area contributed by atoms with Crippen LogP contribution in [0, 0.1) is 5.41 Å². The summed E-state index contributed by atoms with van der Waals surface area (Å²) in [6, 6.07) is 14.2. The van der Waals surface area contributed by atoms with Crippen LogP contribution in [0.15, 0.2) is 59.4 Å². The van der Waals surface area contributed by atoms with Gasteiger partial charge < -0.3 is 10.5 Å². The van der Waals surface area contributed by atoms with Gasteiger partial charge in [0.2, 0.25) is 0 Å². The fraction of sp³-hybridized carbons (Fsp3) is 0.375. The molecule has 5 heteroatoms. The number of nitrogens with zero attached hydrogens (tertiary/aromatic N) is 1. The Hall–Kier alpha value is -2.17. The minimum absolute atomic E-state index is 0.0132. The summed E-state index contributed by atoms with van der Waals surface area (Å²) in [6.45, 7) is 0. The number of hydrogen-bond acceptors (Lipinski definition) is 3. The lowest BCUT2D eigenvalue weighted by Crippen LogP contribution is -2.43. The molecule has 0 bridgehead atoms. The number of halogens is 2. The Morgan fingerprint density at radius 1 is 1.14 bits per heavy atom. The minimum atomic E-state index is -0.732. The van der Waals surface area contributed by atoms with Gasteiger partial charge >= 0.3 is 0 Å². The Labute approximate surface area is 175 Å². The van der Waals surface area contributed by atoms with Gasteiger partial charge in [-0.1, -0.05) is 35.9 Å². The van der Waals surface area contributed by atoms with Crippen LogP contribution in [0.2, 0.25) is 5.02 Å². The van der Waals surface area contributed by atoms with Crippen molar-refractivity contribution in [2.45, 2.75) is 43.7 Å². The maximum absolute atomic E-state index is 14.6. The Bertz CT molecular complexity index is 1020. The predicted octanol–water partition coefficient (Wildman–Crippen LogP) is 5.56. The van der Waals surface area contributed by atoms with Gasteiger partial charge in [0, 0.05) is 17.5 Å². The van der Waals surface area contributed by atoms with Crippen LogP contribution >= 0.6 is 11.6 Å². The highest BCUT2D eigenvalue weighted by atomic mass is 35.5. The van der Waals surface area contributed by atoms with Crippen LogP contribution < -0.4 is 5.73 Å². The largest absolute Gasteiger partial charge is 0.382 e. The van der Waals surface area contributed by atoms with E-state index >= 15 is 0 Å². The van der Waals surface area contributed by atoms with Gasteiger partial charge in [-0.25, -0.2) is 9.38 Å². The highest BCUT2D eigenvalue weighted by Crippen LogP contribution is 2.62. The van der Waals surface area contributed by atoms with Crippen molar-refractivity contribution in [3.05, 3.63) is 70.5 Å². The van der Waals surface area contributed by atoms with Gasteiger partial charge in [-0.15, -0.1) is 0 Å². The maximum Gasteiger partial charge on any atom is 0.163 e. The molecule has 5 rings (SSSR count). The lowest BCUT2D eigenvalue weighted by Gasteiger charge is -2.45. The van der Waals surface area contributed by atoms with Crippen molar-refractivity contribution in [2.24, 2.45) is 16.1 Å². The first kappa shape index (κ1) is 18.8. The molecule has 0 amide bonds. The van der Waals surface area contributed by atoms with Crippen molar-refractivity contribution < 1.29 is 9.13 Å². The van der Waals surface area contributed by atoms with Gasteiger partial charge in [0.25, 0.3) is 0 Å². The third kappa shape index (κ3) is 2.77. The molecule has 2 N–H and O–H groups in total. The van der Waals surface area contributed by atoms with Crippen LogP contribution in [-0.4, -0.2) is 19.0 Å². The van der Waals surface area contributed by atoms with E-state index in [2.05, 4.69) is 18.2 Å². The second-order valence-electron chi connectivity index (χ2n) is 8.53. The van der Waals surface area contributed by atoms with Crippen molar-refractivity contribution >= 4 is 17.4 Å². The number of hydrogen-bond donors (Lipinski definition) is 1. The number of ether oxygens (including phenoxy) is 1. The minimum Gasteiger partial charge on any atom is -0.382 e. The summed E-state index contributed by atoms with van der Waals surface area (Å²) in [4.78, 5) is 4.78. The molecule has 3 nitrogen and oxygen atoms in total. The Balaban J connectivity index is 1.65. The van der Waals surface area contributed by atoms with Crippen LogP contribution in [0.5, 0.6) is 0 Å². The predicted molar refractivity (Wildman–Crippen MR) is 115 cm³/mol. The number of nitrogens with two attached hydrogens (primary N) is 1. The summed E-state index contributed by atoms with van der Waals surface area (Å²) in [7, 11) is 1.77. The van der Waals surface area contributed by atoms with E-state index in [9.17, 15) is 4.39 Å². The molecular formula is C24H24ClFN2O. The van der Waals surface area contributed by atoms with Gasteiger partial charge in [-0.05, 0) is 78.6 Å². The summed E-state index contributed by atoms with van der Waals surface area (Å²) >= 11 is 6.21. The van der Waals surface area contributed by atoms with Crippen molar-refractivity contribution in [1.29, 1.82) is 0 Å². The third-order valence-electron chi connectivity index (χ3n) is 7.12. The zero-order valence-electron chi connectivity index (χ0n) is 16.4. The highest BCUT2D eigenvalue weighted by Gasteiger charge is 2.59. The Morgan fingerprint density at radius 3 is 2.55 bits per heavy atom. The van der Waals surface area contributed by atoms with Crippen LogP contribution in [0.4, 0.5) is 4.39 Å². The topological polar surface area (TPSA) is 47.6 Å². The van der Waals surface area contributed by atoms with Gasteiger partial charge in [0.15, 0.2) is 11.7 Å². The first-order chi connectivity index (χ1) is 14.0. The van der Waals surface area contributed by atoms with Crippen LogP contribution in [-0.2, 0) is 16.7 Å². The van der Waals surface area contributed by atoms with E-state index in [1.54, 1.807) is 13.2 Å². The molecule has 1 atom stereocenters. The molecule has 1 fully saturated rings. The number of aliphatic imine (C=N–C) groups is 1. The highest BCUT2D eigenvalue weighted by molar-refractivity contribution is 6.30. The van der Waals surface area contributed by atoms with E-state index in [0.29, 0.717) is 5.02 Å². The van der Waals surface area contributed by atoms with Gasteiger partial charge in [-0.2, -0.15) is 0 Å². The average molecular weight is 411 g/mol. The van der Waals surface area contributed by atoms with Crippen LogP contribution in [0.1, 0.15) is 36.8 Å². The monoisotopic (exact) mass is 410 g/mol. The van der Waals surface area contributed by atoms with E-state index < -0.39 is 11.4 Å². The van der Waals surface area contributed by atoms with E-state index in [1.165, 1.54) is 5.56 Å². The van der Waals surface area contributed by atoms with Crippen LogP contribution in [0.25, 0.3) is 11.1 Å². The number of methoxy groups -OCH3 is 1. The van der Waals surface area contributed by atoms with Crippen molar-refractivity contribution in [3.8, 4) is 11.1 Å². The SMILES string of the molecule is COC1CCC2(CC1)Cc1ccc(-c3cccc(Cl)c3)cc1C21C=C(F)C(N)=N1. The van der Waals surface area contributed by atoms with E-state index in [1.807, 2.05) is 24.3 Å². The van der Waals surface area contributed by atoms with Gasteiger partial charge in [-0.3, -0.25) is 0 Å². The Kier molecular flexibility index (Phi) is 4.34. The molecule has 29 heavy (non-hydrogen) atoms. The van der Waals surface area contributed by atoms with Crippen molar-refractivity contribution in [2.75, 3.05) is 7.11 Å². The number of benzene rings is 2. The molecule has 1 unspecified atom stereocenters. The molecule has 2 aromatic carbocycles. The molecule has 1 heterocycles. The maximum atomic E-state index is 14.6. The fourth-order valence-electron chi connectivity index (χ4n) is 5.60. The van der Waals surface area contributed by atoms with E-state index in [0.717, 1.165) is 48.8 Å². The molecular weight excluding hydrogens is 387 g/mol. The second-order valence-corrected chi connectivity index (χ2v) is 8.97. The van der Waals surface area contributed by atoms with Crippen LogP contribution in [0.3, 0.4) is 0 Å². The quantitative estimate of drug-likeness (QED) is 0.704. The molecule has 3 aliphatic rings. The standard InChI is InChI=1S/C24H24ClFN2O/c1-29-19-7-9-23(10-8-19)13-17-6-5-16(15-3-2-4-18(25)11-15)12-20(17)24(23)14-21(26)22(27)28-24/h2-6,11-12,14,19H,7-10,13H2,1H3,(H2,27,28). The zero-order chi connectivity index (χ0) is 20.2. The number of fused-ring (bicyclic) bond motifs is 3. The first-order valence-corrected chi connectivity index (χ1v) is 10.5. The second kappa shape index (κ2) is 6.68. The molecule has 150 valence electrons. The first-order valence-electron chi connectivity index (χ1n) is 10.1. The van der Waals surface area contributed by atoms with Gasteiger partial charge in [0.05, 0.1) is 6.10 Å². The number of amidine groups is 1. The summed E-state index contributed by atoms with van der Waals surface area (Å²) in [5.41, 5.74) is 9.48. The fourth-order valence-corrected chi connectivity index (χ4v) is 5.79. The molecule has 2 aliphatic carbocycles. The average Bonchev–Trinajstić information content (AvgIpc) is 3.16. The summed E-state index contributed by atoms with van der Waals surface area (Å²) in [6.07, 6.45) is 6.61. The molecule has 0 radical (unpaired) electrons. The number of rotatable bonds is 2. The van der Waals surface area contributed by atoms with E-state index in [-0.39, 0.29) is 17.4 Å². The normalized spacial score (nSPS) is 30.5. The molecule has 1 aliphatic heterocycles. The summed E-state index contributed by atoms with van der Waals surface area (Å²) in [5, 5.41) is 0.696. The zero-order valence-corrected chi connectivity index (χ0v) is 17.2. The van der Waals surface area contributed by atoms with Crippen molar-refractivity contribution in [1.82, 2.24) is 0 Å². The lowest BCUT2D eigenvalue weighted by molar-refractivity contribution is 0.00815. The third-order valence-corrected chi connectivity index (χ3v) is 7.35. The molecule has 2 aromatic rings.